The van der Waals surface area contributed by atoms with Crippen LogP contribution >= 0.6 is 23.2 Å². The van der Waals surface area contributed by atoms with E-state index in [1.54, 1.807) is 18.3 Å². The van der Waals surface area contributed by atoms with E-state index in [-0.39, 0.29) is 0 Å². The summed E-state index contributed by atoms with van der Waals surface area (Å²) in [7, 11) is 0. The van der Waals surface area contributed by atoms with E-state index in [4.69, 9.17) is 28.9 Å². The van der Waals surface area contributed by atoms with Crippen LogP contribution in [-0.2, 0) is 13.1 Å². The zero-order valence-electron chi connectivity index (χ0n) is 11.8. The zero-order chi connectivity index (χ0) is 15.5. The summed E-state index contributed by atoms with van der Waals surface area (Å²) >= 11 is 12.3. The molecule has 22 heavy (non-hydrogen) atoms. The number of nitrogens with zero attached hydrogens (tertiary/aromatic N) is 2. The van der Waals surface area contributed by atoms with E-state index < -0.39 is 0 Å². The lowest BCUT2D eigenvalue weighted by molar-refractivity contribution is 0.806. The van der Waals surface area contributed by atoms with Crippen molar-refractivity contribution in [2.45, 2.75) is 13.1 Å². The summed E-state index contributed by atoms with van der Waals surface area (Å²) in [5.74, 6) is 0.801. The molecule has 0 atom stereocenters. The minimum absolute atomic E-state index is 0.550. The fraction of sp³-hybridized carbons (Fsp3) is 0.118. The molecule has 2 aromatic carbocycles. The maximum Gasteiger partial charge on any atom is 0.141 e. The number of hydrogen-bond acceptors (Lipinski definition) is 2. The van der Waals surface area contributed by atoms with Gasteiger partial charge in [0.1, 0.15) is 5.82 Å². The van der Waals surface area contributed by atoms with Crippen molar-refractivity contribution >= 4 is 23.2 Å². The van der Waals surface area contributed by atoms with Crippen LogP contribution in [0.1, 0.15) is 11.1 Å². The van der Waals surface area contributed by atoms with Crippen molar-refractivity contribution in [2.75, 3.05) is 0 Å². The lowest BCUT2D eigenvalue weighted by Gasteiger charge is -2.10. The quantitative estimate of drug-likeness (QED) is 0.771. The molecule has 0 bridgehead atoms. The van der Waals surface area contributed by atoms with Crippen LogP contribution in [0.5, 0.6) is 0 Å². The summed E-state index contributed by atoms with van der Waals surface area (Å²) < 4.78 is 2.05. The number of hydrogen-bond donors (Lipinski definition) is 1. The Morgan fingerprint density at radius 1 is 1.00 bits per heavy atom. The molecule has 0 radical (unpaired) electrons. The lowest BCUT2D eigenvalue weighted by atomic mass is 10.1. The Hall–Kier alpha value is -1.81. The Bertz CT molecular complexity index is 779. The molecule has 0 saturated heterocycles. The summed E-state index contributed by atoms with van der Waals surface area (Å²) in [4.78, 5) is 4.42. The van der Waals surface area contributed by atoms with Crippen molar-refractivity contribution in [2.24, 2.45) is 5.73 Å². The Balaban J connectivity index is 1.93. The third-order valence-corrected chi connectivity index (χ3v) is 4.06. The van der Waals surface area contributed by atoms with Gasteiger partial charge in [-0.3, -0.25) is 0 Å². The normalized spacial score (nSPS) is 10.9. The van der Waals surface area contributed by atoms with Crippen LogP contribution in [0.3, 0.4) is 0 Å². The molecule has 0 amide bonds. The molecule has 0 spiro atoms. The molecule has 3 rings (SSSR count). The van der Waals surface area contributed by atoms with Crippen molar-refractivity contribution in [1.82, 2.24) is 9.55 Å². The number of aromatic nitrogens is 2. The summed E-state index contributed by atoms with van der Waals surface area (Å²) in [5, 5.41) is 1.27. The van der Waals surface area contributed by atoms with E-state index in [0.717, 1.165) is 17.0 Å². The third kappa shape index (κ3) is 3.17. The summed E-state index contributed by atoms with van der Waals surface area (Å²) in [5.41, 5.74) is 8.75. The maximum atomic E-state index is 6.28. The minimum atomic E-state index is 0.550. The van der Waals surface area contributed by atoms with Gasteiger partial charge in [0.2, 0.25) is 0 Å². The number of rotatable bonds is 4. The van der Waals surface area contributed by atoms with E-state index in [9.17, 15) is 0 Å². The SMILES string of the molecule is NCc1ccc(Cn2ccnc2-c2cc(Cl)ccc2Cl)cc1. The number of halogens is 2. The Labute approximate surface area is 139 Å². The first kappa shape index (κ1) is 15.1. The van der Waals surface area contributed by atoms with Crippen LogP contribution in [-0.4, -0.2) is 9.55 Å². The Morgan fingerprint density at radius 2 is 1.73 bits per heavy atom. The Morgan fingerprint density at radius 3 is 2.45 bits per heavy atom. The van der Waals surface area contributed by atoms with Gasteiger partial charge in [-0.2, -0.15) is 0 Å². The van der Waals surface area contributed by atoms with Crippen molar-refractivity contribution in [3.8, 4) is 11.4 Å². The van der Waals surface area contributed by atoms with Gasteiger partial charge in [-0.05, 0) is 29.3 Å². The smallest absolute Gasteiger partial charge is 0.141 e. The molecule has 2 N–H and O–H groups in total. The van der Waals surface area contributed by atoms with E-state index in [1.807, 2.05) is 24.4 Å². The van der Waals surface area contributed by atoms with Crippen LogP contribution in [0.2, 0.25) is 10.0 Å². The molecule has 1 aromatic heterocycles. The predicted molar refractivity (Wildman–Crippen MR) is 91.1 cm³/mol. The summed E-state index contributed by atoms with van der Waals surface area (Å²) in [6.45, 7) is 1.26. The Kier molecular flexibility index (Phi) is 4.48. The van der Waals surface area contributed by atoms with E-state index in [1.165, 1.54) is 5.56 Å². The molecule has 112 valence electrons. The molecule has 0 aliphatic carbocycles. The fourth-order valence-electron chi connectivity index (χ4n) is 2.33. The second-order valence-electron chi connectivity index (χ2n) is 5.02. The maximum absolute atomic E-state index is 6.28. The van der Waals surface area contributed by atoms with E-state index >= 15 is 0 Å². The van der Waals surface area contributed by atoms with Gasteiger partial charge < -0.3 is 10.3 Å². The highest BCUT2D eigenvalue weighted by molar-refractivity contribution is 6.35. The first-order chi connectivity index (χ1) is 10.7. The molecule has 0 saturated carbocycles. The monoisotopic (exact) mass is 331 g/mol. The van der Waals surface area contributed by atoms with Crippen molar-refractivity contribution in [1.29, 1.82) is 0 Å². The van der Waals surface area contributed by atoms with Gasteiger partial charge >= 0.3 is 0 Å². The van der Waals surface area contributed by atoms with Crippen molar-refractivity contribution < 1.29 is 0 Å². The van der Waals surface area contributed by atoms with Gasteiger partial charge in [-0.25, -0.2) is 4.98 Å². The van der Waals surface area contributed by atoms with Gasteiger partial charge in [0, 0.05) is 36.1 Å². The number of benzene rings is 2. The van der Waals surface area contributed by atoms with Gasteiger partial charge in [0.05, 0.1) is 5.02 Å². The van der Waals surface area contributed by atoms with Crippen LogP contribution < -0.4 is 5.73 Å². The second-order valence-corrected chi connectivity index (χ2v) is 5.87. The zero-order valence-corrected chi connectivity index (χ0v) is 13.3. The number of imidazole rings is 1. The molecular weight excluding hydrogens is 317 g/mol. The molecule has 3 nitrogen and oxygen atoms in total. The summed E-state index contributed by atoms with van der Waals surface area (Å²) in [6.07, 6.45) is 3.70. The lowest BCUT2D eigenvalue weighted by Crippen LogP contribution is -2.02. The molecule has 3 aromatic rings. The first-order valence-corrected chi connectivity index (χ1v) is 7.67. The molecule has 0 fully saturated rings. The largest absolute Gasteiger partial charge is 0.327 e. The summed E-state index contributed by atoms with van der Waals surface area (Å²) in [6, 6.07) is 13.6. The molecule has 0 aliphatic rings. The average Bonchev–Trinajstić information content (AvgIpc) is 2.98. The number of nitrogens with two attached hydrogens (primary N) is 1. The fourth-order valence-corrected chi connectivity index (χ4v) is 2.70. The third-order valence-electron chi connectivity index (χ3n) is 3.50. The highest BCUT2D eigenvalue weighted by Gasteiger charge is 2.11. The minimum Gasteiger partial charge on any atom is -0.327 e. The van der Waals surface area contributed by atoms with Crippen LogP contribution in [0.4, 0.5) is 0 Å². The van der Waals surface area contributed by atoms with Gasteiger partial charge in [0.15, 0.2) is 0 Å². The standard InChI is InChI=1S/C17H15Cl2N3/c18-14-5-6-16(19)15(9-14)17-21-7-8-22(17)11-13-3-1-12(10-20)2-4-13/h1-9H,10-11,20H2. The molecule has 0 aliphatic heterocycles. The highest BCUT2D eigenvalue weighted by Crippen LogP contribution is 2.29. The second kappa shape index (κ2) is 6.53. The van der Waals surface area contributed by atoms with E-state index in [0.29, 0.717) is 23.1 Å². The highest BCUT2D eigenvalue weighted by atomic mass is 35.5. The molecule has 1 heterocycles. The van der Waals surface area contributed by atoms with Crippen LogP contribution in [0.25, 0.3) is 11.4 Å². The first-order valence-electron chi connectivity index (χ1n) is 6.92. The predicted octanol–water partition coefficient (Wildman–Crippen LogP) is 4.36. The van der Waals surface area contributed by atoms with Crippen LogP contribution in [0.15, 0.2) is 54.9 Å². The molecular formula is C17H15Cl2N3. The van der Waals surface area contributed by atoms with Crippen LogP contribution in [0, 0.1) is 0 Å². The van der Waals surface area contributed by atoms with Gasteiger partial charge in [-0.1, -0.05) is 47.5 Å². The van der Waals surface area contributed by atoms with Gasteiger partial charge in [-0.15, -0.1) is 0 Å². The van der Waals surface area contributed by atoms with E-state index in [2.05, 4.69) is 21.7 Å². The molecule has 0 unspecified atom stereocenters. The molecule has 5 heteroatoms. The van der Waals surface area contributed by atoms with Crippen molar-refractivity contribution in [3.63, 3.8) is 0 Å². The average molecular weight is 332 g/mol. The van der Waals surface area contributed by atoms with Gasteiger partial charge in [0.25, 0.3) is 0 Å². The topological polar surface area (TPSA) is 43.8 Å². The van der Waals surface area contributed by atoms with Crippen molar-refractivity contribution in [3.05, 3.63) is 76.0 Å².